The van der Waals surface area contributed by atoms with Crippen LogP contribution in [0.1, 0.15) is 65.3 Å². The molecule has 2 aromatic rings. The SMILES string of the molecule is CCOC(=O)c1ccc(CCNC(=O)c2cc(Cl)ccc2N2CCCCCCC2)cc1. The predicted molar refractivity (Wildman–Crippen MR) is 125 cm³/mol. The number of rotatable bonds is 7. The van der Waals surface area contributed by atoms with Gasteiger partial charge in [0.25, 0.3) is 5.91 Å². The fourth-order valence-electron chi connectivity index (χ4n) is 3.89. The molecule has 0 aromatic heterocycles. The largest absolute Gasteiger partial charge is 0.462 e. The summed E-state index contributed by atoms with van der Waals surface area (Å²) >= 11 is 6.21. The highest BCUT2D eigenvalue weighted by Crippen LogP contribution is 2.26. The van der Waals surface area contributed by atoms with Gasteiger partial charge in [0.2, 0.25) is 0 Å². The molecule has 1 heterocycles. The molecule has 1 aliphatic heterocycles. The van der Waals surface area contributed by atoms with Crippen LogP contribution in [0.3, 0.4) is 0 Å². The molecule has 1 aliphatic rings. The van der Waals surface area contributed by atoms with Gasteiger partial charge in [-0.25, -0.2) is 4.79 Å². The van der Waals surface area contributed by atoms with Crippen LogP contribution in [-0.4, -0.2) is 38.1 Å². The molecule has 0 aliphatic carbocycles. The molecule has 0 saturated carbocycles. The van der Waals surface area contributed by atoms with Crippen molar-refractivity contribution in [2.75, 3.05) is 31.1 Å². The zero-order valence-electron chi connectivity index (χ0n) is 18.2. The van der Waals surface area contributed by atoms with Gasteiger partial charge in [0.1, 0.15) is 0 Å². The molecular formula is C25H31ClN2O3. The van der Waals surface area contributed by atoms with Gasteiger partial charge in [0, 0.05) is 30.3 Å². The van der Waals surface area contributed by atoms with Gasteiger partial charge < -0.3 is 15.0 Å². The summed E-state index contributed by atoms with van der Waals surface area (Å²) in [5.74, 6) is -0.428. The van der Waals surface area contributed by atoms with E-state index in [1.165, 1.54) is 19.3 Å². The van der Waals surface area contributed by atoms with Crippen molar-refractivity contribution in [1.82, 2.24) is 5.32 Å². The number of esters is 1. The van der Waals surface area contributed by atoms with Crippen LogP contribution in [0.15, 0.2) is 42.5 Å². The monoisotopic (exact) mass is 442 g/mol. The van der Waals surface area contributed by atoms with E-state index in [1.54, 1.807) is 25.1 Å². The van der Waals surface area contributed by atoms with E-state index in [4.69, 9.17) is 16.3 Å². The van der Waals surface area contributed by atoms with Crippen molar-refractivity contribution >= 4 is 29.2 Å². The highest BCUT2D eigenvalue weighted by atomic mass is 35.5. The van der Waals surface area contributed by atoms with E-state index in [0.717, 1.165) is 37.2 Å². The maximum absolute atomic E-state index is 13.0. The Morgan fingerprint density at radius 3 is 2.35 bits per heavy atom. The third kappa shape index (κ3) is 6.73. The smallest absolute Gasteiger partial charge is 0.338 e. The molecule has 1 saturated heterocycles. The molecule has 6 heteroatoms. The van der Waals surface area contributed by atoms with Gasteiger partial charge in [-0.1, -0.05) is 43.0 Å². The lowest BCUT2D eigenvalue weighted by Crippen LogP contribution is -2.32. The molecule has 1 fully saturated rings. The van der Waals surface area contributed by atoms with Crippen molar-refractivity contribution in [3.8, 4) is 0 Å². The van der Waals surface area contributed by atoms with Gasteiger partial charge in [-0.2, -0.15) is 0 Å². The van der Waals surface area contributed by atoms with Crippen LogP contribution in [-0.2, 0) is 11.2 Å². The van der Waals surface area contributed by atoms with Gasteiger partial charge >= 0.3 is 5.97 Å². The van der Waals surface area contributed by atoms with E-state index in [0.29, 0.717) is 35.7 Å². The Morgan fingerprint density at radius 2 is 1.68 bits per heavy atom. The number of benzene rings is 2. The van der Waals surface area contributed by atoms with Crippen molar-refractivity contribution in [3.05, 3.63) is 64.2 Å². The number of nitrogens with one attached hydrogen (secondary N) is 1. The topological polar surface area (TPSA) is 58.6 Å². The highest BCUT2D eigenvalue weighted by molar-refractivity contribution is 6.31. The number of carbonyl (C=O) groups is 2. The van der Waals surface area contributed by atoms with Gasteiger partial charge in [-0.05, 0) is 62.1 Å². The van der Waals surface area contributed by atoms with E-state index in [1.807, 2.05) is 24.3 Å². The number of nitrogens with zero attached hydrogens (tertiary/aromatic N) is 1. The molecule has 166 valence electrons. The second-order valence-electron chi connectivity index (χ2n) is 7.84. The average Bonchev–Trinajstić information content (AvgIpc) is 2.74. The Morgan fingerprint density at radius 1 is 1.00 bits per heavy atom. The number of halogens is 1. The lowest BCUT2D eigenvalue weighted by atomic mass is 10.1. The number of ether oxygens (including phenoxy) is 1. The zero-order chi connectivity index (χ0) is 22.1. The molecule has 0 atom stereocenters. The first-order valence-corrected chi connectivity index (χ1v) is 11.5. The van der Waals surface area contributed by atoms with E-state index < -0.39 is 0 Å². The minimum atomic E-state index is -0.319. The van der Waals surface area contributed by atoms with Crippen molar-refractivity contribution in [1.29, 1.82) is 0 Å². The van der Waals surface area contributed by atoms with E-state index in [-0.39, 0.29) is 11.9 Å². The Balaban J connectivity index is 1.61. The van der Waals surface area contributed by atoms with E-state index >= 15 is 0 Å². The number of hydrogen-bond donors (Lipinski definition) is 1. The molecule has 0 radical (unpaired) electrons. The second-order valence-corrected chi connectivity index (χ2v) is 8.28. The van der Waals surface area contributed by atoms with Crippen LogP contribution in [0.4, 0.5) is 5.69 Å². The Labute approximate surface area is 189 Å². The molecule has 31 heavy (non-hydrogen) atoms. The molecule has 1 N–H and O–H groups in total. The third-order valence-corrected chi connectivity index (χ3v) is 5.80. The first-order chi connectivity index (χ1) is 15.1. The van der Waals surface area contributed by atoms with Crippen LogP contribution in [0.25, 0.3) is 0 Å². The van der Waals surface area contributed by atoms with Crippen molar-refractivity contribution in [2.45, 2.75) is 45.4 Å². The van der Waals surface area contributed by atoms with Crippen LogP contribution in [0.5, 0.6) is 0 Å². The van der Waals surface area contributed by atoms with Crippen molar-refractivity contribution in [3.63, 3.8) is 0 Å². The zero-order valence-corrected chi connectivity index (χ0v) is 18.9. The molecule has 2 aromatic carbocycles. The third-order valence-electron chi connectivity index (χ3n) is 5.56. The standard InChI is InChI=1S/C25H31ClN2O3/c1-2-31-25(30)20-10-8-19(9-11-20)14-15-27-24(29)22-18-21(26)12-13-23(22)28-16-6-4-3-5-7-17-28/h8-13,18H,2-7,14-17H2,1H3,(H,27,29). The number of hydrogen-bond acceptors (Lipinski definition) is 4. The van der Waals surface area contributed by atoms with Gasteiger partial charge in [0.05, 0.1) is 17.7 Å². The van der Waals surface area contributed by atoms with Crippen molar-refractivity contribution in [2.24, 2.45) is 0 Å². The number of amides is 1. The normalized spacial score (nSPS) is 14.5. The van der Waals surface area contributed by atoms with Gasteiger partial charge in [0.15, 0.2) is 0 Å². The summed E-state index contributed by atoms with van der Waals surface area (Å²) < 4.78 is 5.00. The average molecular weight is 443 g/mol. The number of anilines is 1. The van der Waals surface area contributed by atoms with Crippen molar-refractivity contribution < 1.29 is 14.3 Å². The maximum Gasteiger partial charge on any atom is 0.338 e. The van der Waals surface area contributed by atoms with Gasteiger partial charge in [-0.15, -0.1) is 0 Å². The summed E-state index contributed by atoms with van der Waals surface area (Å²) in [7, 11) is 0. The summed E-state index contributed by atoms with van der Waals surface area (Å²) in [5.41, 5.74) is 3.17. The summed E-state index contributed by atoms with van der Waals surface area (Å²) in [6.07, 6.45) is 6.73. The first kappa shape index (κ1) is 23.1. The lowest BCUT2D eigenvalue weighted by molar-refractivity contribution is 0.0526. The van der Waals surface area contributed by atoms with Crippen LogP contribution < -0.4 is 10.2 Å². The highest BCUT2D eigenvalue weighted by Gasteiger charge is 2.18. The quantitative estimate of drug-likeness (QED) is 0.594. The summed E-state index contributed by atoms with van der Waals surface area (Å²) in [6.45, 7) is 4.58. The fourth-order valence-corrected chi connectivity index (χ4v) is 4.06. The fraction of sp³-hybridized carbons (Fsp3) is 0.440. The molecule has 0 spiro atoms. The van der Waals surface area contributed by atoms with Crippen LogP contribution >= 0.6 is 11.6 Å². The predicted octanol–water partition coefficient (Wildman–Crippen LogP) is 5.26. The lowest BCUT2D eigenvalue weighted by Gasteiger charge is -2.28. The second kappa shape index (κ2) is 11.8. The van der Waals surface area contributed by atoms with E-state index in [9.17, 15) is 9.59 Å². The molecule has 0 unspecified atom stereocenters. The molecule has 1 amide bonds. The van der Waals surface area contributed by atoms with Gasteiger partial charge in [-0.3, -0.25) is 4.79 Å². The van der Waals surface area contributed by atoms with Crippen LogP contribution in [0.2, 0.25) is 5.02 Å². The number of carbonyl (C=O) groups excluding carboxylic acids is 2. The Bertz CT molecular complexity index is 875. The van der Waals surface area contributed by atoms with E-state index in [2.05, 4.69) is 10.2 Å². The maximum atomic E-state index is 13.0. The molecule has 3 rings (SSSR count). The Hall–Kier alpha value is -2.53. The molecular weight excluding hydrogens is 412 g/mol. The summed E-state index contributed by atoms with van der Waals surface area (Å²) in [5, 5.41) is 3.59. The summed E-state index contributed by atoms with van der Waals surface area (Å²) in [6, 6.07) is 12.9. The summed E-state index contributed by atoms with van der Waals surface area (Å²) in [4.78, 5) is 27.0. The minimum absolute atomic E-state index is 0.109. The minimum Gasteiger partial charge on any atom is -0.462 e. The molecule has 5 nitrogen and oxygen atoms in total. The first-order valence-electron chi connectivity index (χ1n) is 11.2. The Kier molecular flexibility index (Phi) is 8.77. The van der Waals surface area contributed by atoms with Crippen LogP contribution in [0, 0.1) is 0 Å². The molecule has 0 bridgehead atoms.